The van der Waals surface area contributed by atoms with Gasteiger partial charge in [-0.3, -0.25) is 14.9 Å². The number of hydrogen-bond acceptors (Lipinski definition) is 8. The Kier molecular flexibility index (Phi) is 7.00. The molecule has 0 aliphatic carbocycles. The van der Waals surface area contributed by atoms with E-state index in [1.54, 1.807) is 12.1 Å². The molecule has 0 saturated carbocycles. The Hall–Kier alpha value is -2.99. The summed E-state index contributed by atoms with van der Waals surface area (Å²) in [6.07, 6.45) is 4.80. The second kappa shape index (κ2) is 10.1. The average Bonchev–Trinajstić information content (AvgIpc) is 3.45. The number of aromatic nitrogens is 4. The average molecular weight is 477 g/mol. The lowest BCUT2D eigenvalue weighted by Gasteiger charge is -2.26. The van der Waals surface area contributed by atoms with Crippen molar-refractivity contribution in [2.75, 3.05) is 31.3 Å². The summed E-state index contributed by atoms with van der Waals surface area (Å²) in [4.78, 5) is 26.9. The van der Waals surface area contributed by atoms with Gasteiger partial charge in [-0.25, -0.2) is 9.07 Å². The minimum absolute atomic E-state index is 0.0569. The second-order valence-corrected chi connectivity index (χ2v) is 9.22. The smallest absolute Gasteiger partial charge is 0.281 e. The minimum Gasteiger partial charge on any atom is -0.493 e. The zero-order chi connectivity index (χ0) is 22.5. The molecule has 4 rings (SSSR count). The van der Waals surface area contributed by atoms with Crippen molar-refractivity contribution < 1.29 is 18.7 Å². The van der Waals surface area contributed by atoms with E-state index in [0.717, 1.165) is 25.9 Å². The van der Waals surface area contributed by atoms with Crippen LogP contribution in [0.3, 0.4) is 0 Å². The van der Waals surface area contributed by atoms with Gasteiger partial charge in [0.2, 0.25) is 11.0 Å². The summed E-state index contributed by atoms with van der Waals surface area (Å²) in [5, 5.41) is 15.2. The summed E-state index contributed by atoms with van der Waals surface area (Å²) < 4.78 is 20.5. The van der Waals surface area contributed by atoms with E-state index in [0.29, 0.717) is 20.9 Å². The van der Waals surface area contributed by atoms with Crippen molar-refractivity contribution in [3.63, 3.8) is 0 Å². The molecule has 3 heterocycles. The van der Waals surface area contributed by atoms with Crippen LogP contribution in [0, 0.1) is 5.82 Å². The fraction of sp³-hybridized carbons (Fsp3) is 0.350. The van der Waals surface area contributed by atoms with Crippen LogP contribution in [0.4, 0.5) is 9.52 Å². The predicted octanol–water partition coefficient (Wildman–Crippen LogP) is 3.23. The van der Waals surface area contributed by atoms with Crippen LogP contribution < -0.4 is 10.1 Å². The van der Waals surface area contributed by atoms with Crippen LogP contribution >= 0.6 is 23.1 Å². The largest absolute Gasteiger partial charge is 0.493 e. The molecular weight excluding hydrogens is 455 g/mol. The number of piperidine rings is 1. The summed E-state index contributed by atoms with van der Waals surface area (Å²) in [6.45, 7) is 1.62. The van der Waals surface area contributed by atoms with Crippen molar-refractivity contribution in [1.29, 1.82) is 0 Å². The Morgan fingerprint density at radius 3 is 2.66 bits per heavy atom. The maximum Gasteiger partial charge on any atom is 0.281 e. The molecule has 0 spiro atoms. The van der Waals surface area contributed by atoms with Gasteiger partial charge >= 0.3 is 0 Å². The maximum absolute atomic E-state index is 13.2. The fourth-order valence-corrected chi connectivity index (χ4v) is 4.87. The molecule has 0 radical (unpaired) electrons. The Labute approximate surface area is 192 Å². The third-order valence-electron chi connectivity index (χ3n) is 4.86. The molecular formula is C20H21FN6O3S2. The molecule has 1 saturated heterocycles. The molecule has 12 heteroatoms. The number of nitrogens with zero attached hydrogens (tertiary/aromatic N) is 5. The van der Waals surface area contributed by atoms with Gasteiger partial charge < -0.3 is 9.64 Å². The van der Waals surface area contributed by atoms with Gasteiger partial charge in [0.15, 0.2) is 15.8 Å². The molecule has 168 valence electrons. The van der Waals surface area contributed by atoms with E-state index in [1.807, 2.05) is 4.90 Å². The first-order valence-electron chi connectivity index (χ1n) is 9.98. The molecule has 1 aromatic carbocycles. The first kappa shape index (κ1) is 22.2. The zero-order valence-electron chi connectivity index (χ0n) is 17.3. The highest BCUT2D eigenvalue weighted by Gasteiger charge is 2.21. The molecule has 3 aromatic rings. The van der Waals surface area contributed by atoms with Gasteiger partial charge in [-0.05, 0) is 43.5 Å². The highest BCUT2D eigenvalue weighted by Crippen LogP contribution is 2.27. The highest BCUT2D eigenvalue weighted by atomic mass is 32.2. The summed E-state index contributed by atoms with van der Waals surface area (Å²) in [5.74, 6) is -0.240. The third kappa shape index (κ3) is 5.25. The van der Waals surface area contributed by atoms with Gasteiger partial charge in [0, 0.05) is 13.1 Å². The van der Waals surface area contributed by atoms with E-state index < -0.39 is 5.91 Å². The fourth-order valence-electron chi connectivity index (χ4n) is 3.22. The molecule has 1 aliphatic heterocycles. The first-order valence-corrected chi connectivity index (χ1v) is 11.8. The van der Waals surface area contributed by atoms with Crippen LogP contribution in [-0.4, -0.2) is 62.6 Å². The summed E-state index contributed by atoms with van der Waals surface area (Å²) >= 11 is 2.49. The molecule has 2 aromatic heterocycles. The standard InChI is InChI=1S/C20H21FN6O3S2/c1-30-15-11-27(14-7-5-13(21)6-8-14)25-17(15)18(29)22-19-23-24-20(32-19)31-12-16(28)26-9-3-2-4-10-26/h5-8,11H,2-4,9-10,12H2,1H3,(H,22,23,29). The van der Waals surface area contributed by atoms with Crippen molar-refractivity contribution >= 4 is 40.0 Å². The summed E-state index contributed by atoms with van der Waals surface area (Å²) in [5.41, 5.74) is 0.637. The number of carbonyl (C=O) groups excluding carboxylic acids is 2. The van der Waals surface area contributed by atoms with E-state index in [4.69, 9.17) is 4.74 Å². The lowest BCUT2D eigenvalue weighted by atomic mass is 10.1. The van der Waals surface area contributed by atoms with E-state index in [1.165, 1.54) is 59.6 Å². The summed E-state index contributed by atoms with van der Waals surface area (Å²) in [7, 11) is 1.43. The number of halogens is 1. The van der Waals surface area contributed by atoms with Crippen LogP contribution in [0.15, 0.2) is 34.8 Å². The van der Waals surface area contributed by atoms with Crippen molar-refractivity contribution in [3.05, 3.63) is 42.0 Å². The van der Waals surface area contributed by atoms with Gasteiger partial charge in [0.05, 0.1) is 24.7 Å². The number of hydrogen-bond donors (Lipinski definition) is 1. The lowest BCUT2D eigenvalue weighted by molar-refractivity contribution is -0.129. The number of ether oxygens (including phenoxy) is 1. The van der Waals surface area contributed by atoms with Crippen LogP contribution in [0.2, 0.25) is 0 Å². The van der Waals surface area contributed by atoms with Gasteiger partial charge in [-0.1, -0.05) is 23.1 Å². The molecule has 1 fully saturated rings. The monoisotopic (exact) mass is 476 g/mol. The van der Waals surface area contributed by atoms with Crippen molar-refractivity contribution in [3.8, 4) is 11.4 Å². The quantitative estimate of drug-likeness (QED) is 0.413. The number of benzene rings is 1. The highest BCUT2D eigenvalue weighted by molar-refractivity contribution is 8.01. The van der Waals surface area contributed by atoms with Crippen LogP contribution in [-0.2, 0) is 4.79 Å². The van der Waals surface area contributed by atoms with Crippen molar-refractivity contribution in [2.45, 2.75) is 23.6 Å². The Balaban J connectivity index is 1.38. The van der Waals surface area contributed by atoms with Crippen LogP contribution in [0.1, 0.15) is 29.8 Å². The Morgan fingerprint density at radius 2 is 1.94 bits per heavy atom. The predicted molar refractivity (Wildman–Crippen MR) is 119 cm³/mol. The Bertz CT molecular complexity index is 1100. The molecule has 0 atom stereocenters. The van der Waals surface area contributed by atoms with E-state index in [-0.39, 0.29) is 23.2 Å². The molecule has 1 N–H and O–H groups in total. The normalized spacial score (nSPS) is 13.8. The minimum atomic E-state index is -0.514. The maximum atomic E-state index is 13.2. The van der Waals surface area contributed by atoms with E-state index in [9.17, 15) is 14.0 Å². The van der Waals surface area contributed by atoms with Crippen molar-refractivity contribution in [2.24, 2.45) is 0 Å². The number of rotatable bonds is 7. The summed E-state index contributed by atoms with van der Waals surface area (Å²) in [6, 6.07) is 5.70. The number of thioether (sulfide) groups is 1. The van der Waals surface area contributed by atoms with E-state index in [2.05, 4.69) is 20.6 Å². The first-order chi connectivity index (χ1) is 15.5. The number of anilines is 1. The van der Waals surface area contributed by atoms with Gasteiger partial charge in [0.25, 0.3) is 5.91 Å². The second-order valence-electron chi connectivity index (χ2n) is 7.02. The number of nitrogens with one attached hydrogen (secondary N) is 1. The van der Waals surface area contributed by atoms with Gasteiger partial charge in [-0.15, -0.1) is 10.2 Å². The SMILES string of the molecule is COc1cn(-c2ccc(F)cc2)nc1C(=O)Nc1nnc(SCC(=O)N2CCCCC2)s1. The number of likely N-dealkylation sites (tertiary alicyclic amines) is 1. The van der Waals surface area contributed by atoms with Crippen LogP contribution in [0.5, 0.6) is 5.75 Å². The molecule has 9 nitrogen and oxygen atoms in total. The number of amides is 2. The van der Waals surface area contributed by atoms with Crippen LogP contribution in [0.25, 0.3) is 5.69 Å². The molecule has 1 aliphatic rings. The molecule has 32 heavy (non-hydrogen) atoms. The number of methoxy groups -OCH3 is 1. The third-order valence-corrected chi connectivity index (χ3v) is 6.82. The zero-order valence-corrected chi connectivity index (χ0v) is 18.9. The van der Waals surface area contributed by atoms with Crippen molar-refractivity contribution in [1.82, 2.24) is 24.9 Å². The lowest BCUT2D eigenvalue weighted by Crippen LogP contribution is -2.36. The molecule has 0 unspecified atom stereocenters. The van der Waals surface area contributed by atoms with Gasteiger partial charge in [-0.2, -0.15) is 5.10 Å². The Morgan fingerprint density at radius 1 is 1.19 bits per heavy atom. The molecule has 2 amide bonds. The number of carbonyl (C=O) groups is 2. The van der Waals surface area contributed by atoms with E-state index >= 15 is 0 Å². The van der Waals surface area contributed by atoms with Gasteiger partial charge in [0.1, 0.15) is 5.82 Å². The topological polar surface area (TPSA) is 102 Å². The molecule has 0 bridgehead atoms.